The van der Waals surface area contributed by atoms with Crippen LogP contribution in [0.1, 0.15) is 5.56 Å². The number of nitrogens with zero attached hydrogens (tertiary/aromatic N) is 2. The lowest BCUT2D eigenvalue weighted by molar-refractivity contribution is 0.396. The zero-order valence-electron chi connectivity index (χ0n) is 7.70. The van der Waals surface area contributed by atoms with Gasteiger partial charge in [0, 0.05) is 23.3 Å². The van der Waals surface area contributed by atoms with Crippen molar-refractivity contribution in [3.8, 4) is 5.88 Å². The predicted octanol–water partition coefficient (Wildman–Crippen LogP) is 2.38. The van der Waals surface area contributed by atoms with Crippen molar-refractivity contribution in [2.75, 3.05) is 7.11 Å². The molecule has 0 N–H and O–H groups in total. The third kappa shape index (κ3) is 1.51. The van der Waals surface area contributed by atoms with Crippen LogP contribution >= 0.6 is 11.6 Å². The first-order valence-corrected chi connectivity index (χ1v) is 4.72. The van der Waals surface area contributed by atoms with Gasteiger partial charge in [-0.15, -0.1) is 11.6 Å². The molecule has 2 aromatic rings. The average molecular weight is 209 g/mol. The summed E-state index contributed by atoms with van der Waals surface area (Å²) in [7, 11) is 1.59. The van der Waals surface area contributed by atoms with Crippen LogP contribution in [0.15, 0.2) is 24.5 Å². The molecule has 0 fully saturated rings. The molecule has 4 heteroatoms. The number of ether oxygens (including phenoxy) is 1. The van der Waals surface area contributed by atoms with E-state index in [4.69, 9.17) is 16.3 Å². The Balaban J connectivity index is 2.69. The summed E-state index contributed by atoms with van der Waals surface area (Å²) in [5, 5.41) is 0.976. The number of methoxy groups -OCH3 is 1. The number of alkyl halides is 1. The normalized spacial score (nSPS) is 10.4. The zero-order valence-corrected chi connectivity index (χ0v) is 8.45. The number of rotatable bonds is 2. The Morgan fingerprint density at radius 2 is 2.36 bits per heavy atom. The van der Waals surface area contributed by atoms with Crippen LogP contribution in [0.2, 0.25) is 0 Å². The van der Waals surface area contributed by atoms with Gasteiger partial charge in [-0.05, 0) is 12.1 Å². The van der Waals surface area contributed by atoms with E-state index in [1.165, 1.54) is 0 Å². The highest BCUT2D eigenvalue weighted by atomic mass is 35.5. The van der Waals surface area contributed by atoms with E-state index in [0.717, 1.165) is 16.5 Å². The molecule has 2 aromatic heterocycles. The summed E-state index contributed by atoms with van der Waals surface area (Å²) >= 11 is 5.77. The second-order valence-electron chi connectivity index (χ2n) is 2.86. The Bertz CT molecular complexity index is 416. The first-order valence-electron chi connectivity index (χ1n) is 4.18. The summed E-state index contributed by atoms with van der Waals surface area (Å²) in [6.45, 7) is 0. The van der Waals surface area contributed by atoms with Crippen LogP contribution in [0.5, 0.6) is 5.88 Å². The molecule has 0 amide bonds. The summed E-state index contributed by atoms with van der Waals surface area (Å²) in [5.41, 5.74) is 1.75. The lowest BCUT2D eigenvalue weighted by Crippen LogP contribution is -1.94. The van der Waals surface area contributed by atoms with E-state index in [0.29, 0.717) is 11.8 Å². The first kappa shape index (κ1) is 9.21. The topological polar surface area (TPSA) is 35.0 Å². The Kier molecular flexibility index (Phi) is 2.50. The molecule has 0 aliphatic rings. The van der Waals surface area contributed by atoms with Gasteiger partial charge in [-0.1, -0.05) is 0 Å². The minimum atomic E-state index is 0.390. The molecule has 0 unspecified atom stereocenters. The smallest absolute Gasteiger partial charge is 0.218 e. The fourth-order valence-corrected chi connectivity index (χ4v) is 1.51. The van der Waals surface area contributed by atoms with Crippen LogP contribution in [-0.4, -0.2) is 17.1 Å². The van der Waals surface area contributed by atoms with E-state index in [-0.39, 0.29) is 0 Å². The molecule has 0 saturated carbocycles. The number of hydrogen-bond acceptors (Lipinski definition) is 3. The van der Waals surface area contributed by atoms with Gasteiger partial charge in [0.15, 0.2) is 0 Å². The number of pyridine rings is 2. The van der Waals surface area contributed by atoms with Crippen LogP contribution in [-0.2, 0) is 5.88 Å². The fourth-order valence-electron chi connectivity index (χ4n) is 1.32. The summed E-state index contributed by atoms with van der Waals surface area (Å²) in [4.78, 5) is 8.34. The van der Waals surface area contributed by atoms with Crippen LogP contribution in [0, 0.1) is 0 Å². The largest absolute Gasteiger partial charge is 0.481 e. The fraction of sp³-hybridized carbons (Fsp3) is 0.200. The third-order valence-electron chi connectivity index (χ3n) is 1.99. The first-order chi connectivity index (χ1) is 6.85. The maximum Gasteiger partial charge on any atom is 0.218 e. The van der Waals surface area contributed by atoms with Crippen molar-refractivity contribution in [2.45, 2.75) is 5.88 Å². The lowest BCUT2D eigenvalue weighted by atomic mass is 10.2. The Morgan fingerprint density at radius 3 is 3.07 bits per heavy atom. The zero-order chi connectivity index (χ0) is 9.97. The monoisotopic (exact) mass is 208 g/mol. The molecule has 2 heterocycles. The molecule has 14 heavy (non-hydrogen) atoms. The quantitative estimate of drug-likeness (QED) is 0.711. The van der Waals surface area contributed by atoms with Crippen LogP contribution in [0.25, 0.3) is 10.9 Å². The Labute approximate surface area is 86.7 Å². The number of aromatic nitrogens is 2. The number of fused-ring (bicyclic) bond motifs is 1. The highest BCUT2D eigenvalue weighted by molar-refractivity contribution is 6.17. The van der Waals surface area contributed by atoms with E-state index in [9.17, 15) is 0 Å². The van der Waals surface area contributed by atoms with Gasteiger partial charge in [0.05, 0.1) is 18.5 Å². The van der Waals surface area contributed by atoms with Gasteiger partial charge in [0.1, 0.15) is 0 Å². The van der Waals surface area contributed by atoms with E-state index in [1.54, 1.807) is 19.5 Å². The van der Waals surface area contributed by atoms with E-state index in [1.807, 2.05) is 12.1 Å². The molecule has 0 atom stereocenters. The SMILES string of the molecule is COc1nc2ccncc2cc1CCl. The average Bonchev–Trinajstić information content (AvgIpc) is 2.27. The minimum absolute atomic E-state index is 0.390. The summed E-state index contributed by atoms with van der Waals surface area (Å²) < 4.78 is 5.13. The van der Waals surface area contributed by atoms with E-state index >= 15 is 0 Å². The molecule has 0 bridgehead atoms. The molecule has 3 nitrogen and oxygen atoms in total. The maximum atomic E-state index is 5.77. The maximum absolute atomic E-state index is 5.77. The molecule has 0 saturated heterocycles. The summed E-state index contributed by atoms with van der Waals surface area (Å²) in [5.74, 6) is 0.972. The number of hydrogen-bond donors (Lipinski definition) is 0. The molecular weight excluding hydrogens is 200 g/mol. The van der Waals surface area contributed by atoms with Crippen molar-refractivity contribution < 1.29 is 4.74 Å². The highest BCUT2D eigenvalue weighted by Gasteiger charge is 2.05. The van der Waals surface area contributed by atoms with Crippen LogP contribution in [0.4, 0.5) is 0 Å². The molecule has 2 rings (SSSR count). The molecular formula is C10H9ClN2O. The van der Waals surface area contributed by atoms with E-state index < -0.39 is 0 Å². The molecule has 0 aliphatic heterocycles. The van der Waals surface area contributed by atoms with Crippen molar-refractivity contribution in [1.82, 2.24) is 9.97 Å². The molecule has 0 radical (unpaired) electrons. The van der Waals surface area contributed by atoms with Crippen molar-refractivity contribution >= 4 is 22.5 Å². The van der Waals surface area contributed by atoms with Crippen LogP contribution < -0.4 is 4.74 Å². The second-order valence-corrected chi connectivity index (χ2v) is 3.13. The van der Waals surface area contributed by atoms with Crippen molar-refractivity contribution in [1.29, 1.82) is 0 Å². The highest BCUT2D eigenvalue weighted by Crippen LogP contribution is 2.22. The van der Waals surface area contributed by atoms with E-state index in [2.05, 4.69) is 9.97 Å². The van der Waals surface area contributed by atoms with Gasteiger partial charge >= 0.3 is 0 Å². The predicted molar refractivity (Wildman–Crippen MR) is 55.6 cm³/mol. The lowest BCUT2D eigenvalue weighted by Gasteiger charge is -2.05. The molecule has 0 aromatic carbocycles. The number of halogens is 1. The van der Waals surface area contributed by atoms with Gasteiger partial charge in [-0.2, -0.15) is 0 Å². The van der Waals surface area contributed by atoms with Crippen molar-refractivity contribution in [3.05, 3.63) is 30.1 Å². The molecule has 0 aliphatic carbocycles. The van der Waals surface area contributed by atoms with Gasteiger partial charge < -0.3 is 4.74 Å². The Morgan fingerprint density at radius 1 is 1.50 bits per heavy atom. The Hall–Kier alpha value is -1.35. The third-order valence-corrected chi connectivity index (χ3v) is 2.28. The van der Waals surface area contributed by atoms with Crippen molar-refractivity contribution in [3.63, 3.8) is 0 Å². The summed E-state index contributed by atoms with van der Waals surface area (Å²) in [6, 6.07) is 3.79. The van der Waals surface area contributed by atoms with Gasteiger partial charge in [-0.25, -0.2) is 4.98 Å². The van der Waals surface area contributed by atoms with Gasteiger partial charge in [-0.3, -0.25) is 4.98 Å². The van der Waals surface area contributed by atoms with Gasteiger partial charge in [0.2, 0.25) is 5.88 Å². The minimum Gasteiger partial charge on any atom is -0.481 e. The summed E-state index contributed by atoms with van der Waals surface area (Å²) in [6.07, 6.45) is 3.47. The van der Waals surface area contributed by atoms with Gasteiger partial charge in [0.25, 0.3) is 0 Å². The van der Waals surface area contributed by atoms with Crippen molar-refractivity contribution in [2.24, 2.45) is 0 Å². The van der Waals surface area contributed by atoms with Crippen LogP contribution in [0.3, 0.4) is 0 Å². The standard InChI is InChI=1S/C10H9ClN2O/c1-14-10-7(5-11)4-8-6-12-3-2-9(8)13-10/h2-4,6H,5H2,1H3. The molecule has 72 valence electrons. The molecule has 0 spiro atoms. The second kappa shape index (κ2) is 3.80.